The highest BCUT2D eigenvalue weighted by Gasteiger charge is 1.58. The maximum atomic E-state index is 7.62. The first-order chi connectivity index (χ1) is 6.33. The zero-order valence-electron chi connectivity index (χ0n) is 8.96. The van der Waals surface area contributed by atoms with Gasteiger partial charge in [-0.15, -0.1) is 39.5 Å². The van der Waals surface area contributed by atoms with Crippen molar-refractivity contribution in [3.63, 3.8) is 0 Å². The molecule has 3 heteroatoms. The predicted molar refractivity (Wildman–Crippen MR) is 60.9 cm³/mol. The van der Waals surface area contributed by atoms with Crippen LogP contribution in [0.3, 0.4) is 0 Å². The number of aliphatic hydroxyl groups excluding tert-OH is 2. The number of methoxy groups -OCH3 is 1. The largest absolute Gasteiger partial charge is 0.394 e. The molecular weight excluding hydrogens is 168 g/mol. The number of hydrogen-bond donors (Lipinski definition) is 2. The Bertz CT molecular complexity index is 34.4. The van der Waals surface area contributed by atoms with Gasteiger partial charge in [0.1, 0.15) is 0 Å². The van der Waals surface area contributed by atoms with Gasteiger partial charge in [-0.05, 0) is 0 Å². The lowest BCUT2D eigenvalue weighted by atomic mass is 10.8. The van der Waals surface area contributed by atoms with Crippen LogP contribution in [-0.2, 0) is 4.74 Å². The van der Waals surface area contributed by atoms with Crippen molar-refractivity contribution in [3.05, 3.63) is 39.5 Å². The van der Waals surface area contributed by atoms with Gasteiger partial charge in [-0.3, -0.25) is 0 Å². The van der Waals surface area contributed by atoms with E-state index in [4.69, 9.17) is 10.2 Å². The van der Waals surface area contributed by atoms with Gasteiger partial charge in [0.15, 0.2) is 0 Å². The van der Waals surface area contributed by atoms with Crippen molar-refractivity contribution in [2.45, 2.75) is 0 Å². The predicted octanol–water partition coefficient (Wildman–Crippen LogP) is 1.64. The second kappa shape index (κ2) is 257. The average molecular weight is 192 g/mol. The second-order valence-electron chi connectivity index (χ2n) is 0.855. The Balaban J connectivity index is -0.0000000215. The van der Waals surface area contributed by atoms with Gasteiger partial charge in [0, 0.05) is 14.2 Å². The third kappa shape index (κ3) is 91900. The molecule has 0 amide bonds. The number of ether oxygens (including phenoxy) is 1. The van der Waals surface area contributed by atoms with Crippen molar-refractivity contribution in [1.82, 2.24) is 0 Å². The molecule has 0 radical (unpaired) electrons. The first-order valence-electron chi connectivity index (χ1n) is 3.45. The van der Waals surface area contributed by atoms with Crippen LogP contribution in [0.15, 0.2) is 39.5 Å². The smallest absolute Gasteiger partial charge is 0.0662 e. The molecule has 0 aromatic rings. The summed E-state index contributed by atoms with van der Waals surface area (Å²) in [6, 6.07) is 0. The first kappa shape index (κ1) is 29.6. The third-order valence-electron chi connectivity index (χ3n) is 0.1000. The van der Waals surface area contributed by atoms with Crippen LogP contribution in [0, 0.1) is 0 Å². The molecule has 0 spiro atoms. The highest BCUT2D eigenvalue weighted by molar-refractivity contribution is 4.22. The minimum Gasteiger partial charge on any atom is -0.394 e. The minimum absolute atomic E-state index is 0.125. The van der Waals surface area contributed by atoms with Crippen molar-refractivity contribution in [1.29, 1.82) is 0 Å². The van der Waals surface area contributed by atoms with E-state index in [0.29, 0.717) is 0 Å². The number of aliphatic hydroxyl groups is 2. The zero-order chi connectivity index (χ0) is 12.1. The van der Waals surface area contributed by atoms with Crippen molar-refractivity contribution in [3.8, 4) is 0 Å². The topological polar surface area (TPSA) is 49.7 Å². The van der Waals surface area contributed by atoms with Gasteiger partial charge in [-0.2, -0.15) is 0 Å². The fourth-order valence-corrected chi connectivity index (χ4v) is 0. The molecule has 0 heterocycles. The van der Waals surface area contributed by atoms with Crippen molar-refractivity contribution >= 4 is 0 Å². The molecular formula is C10H24O3. The summed E-state index contributed by atoms with van der Waals surface area (Å²) in [6.45, 7) is 17.8. The molecule has 13 heavy (non-hydrogen) atoms. The van der Waals surface area contributed by atoms with Crippen molar-refractivity contribution in [2.24, 2.45) is 0 Å². The minimum atomic E-state index is -0.125. The van der Waals surface area contributed by atoms with Gasteiger partial charge >= 0.3 is 0 Å². The molecule has 0 bridgehead atoms. The van der Waals surface area contributed by atoms with E-state index in [1.807, 2.05) is 0 Å². The van der Waals surface area contributed by atoms with E-state index >= 15 is 0 Å². The Morgan fingerprint density at radius 3 is 0.846 bits per heavy atom. The van der Waals surface area contributed by atoms with E-state index in [1.54, 1.807) is 14.2 Å². The lowest BCUT2D eigenvalue weighted by Crippen LogP contribution is -1.85. The molecule has 0 aliphatic carbocycles. The lowest BCUT2D eigenvalue weighted by molar-refractivity contribution is 0.186. The van der Waals surface area contributed by atoms with Crippen LogP contribution in [0.2, 0.25) is 0 Å². The Hall–Kier alpha value is -0.900. The molecule has 0 saturated heterocycles. The van der Waals surface area contributed by atoms with E-state index in [0.717, 1.165) is 0 Å². The van der Waals surface area contributed by atoms with Gasteiger partial charge < -0.3 is 14.9 Å². The summed E-state index contributed by atoms with van der Waals surface area (Å²) in [4.78, 5) is 0. The monoisotopic (exact) mass is 192 g/mol. The molecule has 0 aromatic carbocycles. The van der Waals surface area contributed by atoms with E-state index in [1.165, 1.54) is 0 Å². The van der Waals surface area contributed by atoms with Crippen molar-refractivity contribution < 1.29 is 14.9 Å². The quantitative estimate of drug-likeness (QED) is 0.621. The van der Waals surface area contributed by atoms with Gasteiger partial charge in [0.05, 0.1) is 13.2 Å². The van der Waals surface area contributed by atoms with E-state index in [9.17, 15) is 0 Å². The lowest BCUT2D eigenvalue weighted by Gasteiger charge is -1.70. The standard InChI is InChI=1S/C2H6O2.C2H6O.3C2H4/c3-1-2-4;1-3-2;3*1-2/h3-4H,1-2H2;1-2H3;3*1-2H2. The van der Waals surface area contributed by atoms with E-state index < -0.39 is 0 Å². The molecule has 0 aliphatic heterocycles. The fourth-order valence-electron chi connectivity index (χ4n) is 0. The Morgan fingerprint density at radius 1 is 0.769 bits per heavy atom. The SMILES string of the molecule is C=C.C=C.C=C.COC.OCCO. The van der Waals surface area contributed by atoms with Crippen LogP contribution in [-0.4, -0.2) is 37.6 Å². The molecule has 2 N–H and O–H groups in total. The van der Waals surface area contributed by atoms with Crippen LogP contribution in [0.4, 0.5) is 0 Å². The Kier molecular flexibility index (Phi) is 584. The van der Waals surface area contributed by atoms with Gasteiger partial charge in [0.25, 0.3) is 0 Å². The summed E-state index contributed by atoms with van der Waals surface area (Å²) < 4.78 is 4.25. The summed E-state index contributed by atoms with van der Waals surface area (Å²) in [5.41, 5.74) is 0. The van der Waals surface area contributed by atoms with Gasteiger partial charge in [0.2, 0.25) is 0 Å². The van der Waals surface area contributed by atoms with Gasteiger partial charge in [-0.25, -0.2) is 0 Å². The molecule has 0 aliphatic rings. The average Bonchev–Trinajstić information content (AvgIpc) is 2.27. The molecule has 0 rings (SSSR count). The van der Waals surface area contributed by atoms with Crippen molar-refractivity contribution in [2.75, 3.05) is 27.4 Å². The number of hydrogen-bond acceptors (Lipinski definition) is 3. The summed E-state index contributed by atoms with van der Waals surface area (Å²) in [7, 11) is 3.25. The fraction of sp³-hybridized carbons (Fsp3) is 0.400. The first-order valence-corrected chi connectivity index (χ1v) is 3.45. The van der Waals surface area contributed by atoms with Crippen LogP contribution < -0.4 is 0 Å². The molecule has 0 fully saturated rings. The molecule has 82 valence electrons. The summed E-state index contributed by atoms with van der Waals surface area (Å²) in [6.07, 6.45) is 0. The Morgan fingerprint density at radius 2 is 0.846 bits per heavy atom. The number of rotatable bonds is 1. The molecule has 0 unspecified atom stereocenters. The maximum Gasteiger partial charge on any atom is 0.0662 e. The molecule has 0 atom stereocenters. The molecule has 3 nitrogen and oxygen atoms in total. The zero-order valence-corrected chi connectivity index (χ0v) is 8.96. The highest BCUT2D eigenvalue weighted by atomic mass is 16.4. The summed E-state index contributed by atoms with van der Waals surface area (Å²) >= 11 is 0. The maximum absolute atomic E-state index is 7.62. The van der Waals surface area contributed by atoms with Gasteiger partial charge in [-0.1, -0.05) is 0 Å². The molecule has 0 aromatic heterocycles. The second-order valence-corrected chi connectivity index (χ2v) is 0.855. The third-order valence-corrected chi connectivity index (χ3v) is 0.1000. The summed E-state index contributed by atoms with van der Waals surface area (Å²) in [5, 5.41) is 15.2. The normalized spacial score (nSPS) is 4.62. The van der Waals surface area contributed by atoms with E-state index in [2.05, 4.69) is 44.2 Å². The molecule has 0 saturated carbocycles. The van der Waals surface area contributed by atoms with Crippen LogP contribution >= 0.6 is 0 Å². The Labute approximate surface area is 82.7 Å². The van der Waals surface area contributed by atoms with Crippen LogP contribution in [0.25, 0.3) is 0 Å². The van der Waals surface area contributed by atoms with E-state index in [-0.39, 0.29) is 13.2 Å². The van der Waals surface area contributed by atoms with Crippen LogP contribution in [0.5, 0.6) is 0 Å². The van der Waals surface area contributed by atoms with Crippen LogP contribution in [0.1, 0.15) is 0 Å². The highest BCUT2D eigenvalue weighted by Crippen LogP contribution is 1.39. The summed E-state index contributed by atoms with van der Waals surface area (Å²) in [5.74, 6) is 0.